The summed E-state index contributed by atoms with van der Waals surface area (Å²) < 4.78 is 27.1. The van der Waals surface area contributed by atoms with Crippen molar-refractivity contribution in [2.24, 2.45) is 0 Å². The second-order valence-electron chi connectivity index (χ2n) is 8.67. The molecule has 0 bridgehead atoms. The first-order valence-electron chi connectivity index (χ1n) is 11.1. The fourth-order valence-corrected chi connectivity index (χ4v) is 4.94. The Balaban J connectivity index is 1.12. The van der Waals surface area contributed by atoms with Gasteiger partial charge in [-0.2, -0.15) is 0 Å². The molecule has 0 saturated carbocycles. The van der Waals surface area contributed by atoms with Gasteiger partial charge >= 0.3 is 6.09 Å². The Morgan fingerprint density at radius 2 is 1.91 bits per heavy atom. The van der Waals surface area contributed by atoms with Crippen LogP contribution >= 0.6 is 0 Å². The number of anilines is 2. The number of carbonyl (C=O) groups excluding carboxylic acids is 2. The van der Waals surface area contributed by atoms with E-state index in [0.29, 0.717) is 54.4 Å². The SMILES string of the molecule is O=C1COc2ccc(N3C[C@@H](CNC[C@H]4Cn5c(=O)ccc6ccc(F)c4c65)OC3=O)cc2N1. The molecule has 1 fully saturated rings. The number of benzene rings is 2. The van der Waals surface area contributed by atoms with E-state index in [4.69, 9.17) is 9.47 Å². The van der Waals surface area contributed by atoms with Crippen LogP contribution in [0, 0.1) is 5.82 Å². The summed E-state index contributed by atoms with van der Waals surface area (Å²) in [6, 6.07) is 11.5. The van der Waals surface area contributed by atoms with Gasteiger partial charge in [0.2, 0.25) is 0 Å². The van der Waals surface area contributed by atoms with Crippen LogP contribution in [0.2, 0.25) is 0 Å². The first-order valence-corrected chi connectivity index (χ1v) is 11.1. The Morgan fingerprint density at radius 1 is 1.06 bits per heavy atom. The van der Waals surface area contributed by atoms with Crippen LogP contribution < -0.4 is 25.8 Å². The molecule has 1 aromatic heterocycles. The molecule has 174 valence electrons. The van der Waals surface area contributed by atoms with Crippen molar-refractivity contribution >= 4 is 34.3 Å². The highest BCUT2D eigenvalue weighted by Crippen LogP contribution is 2.35. The van der Waals surface area contributed by atoms with Gasteiger partial charge in [-0.15, -0.1) is 0 Å². The van der Waals surface area contributed by atoms with Gasteiger partial charge in [-0.3, -0.25) is 14.5 Å². The Labute approximate surface area is 193 Å². The number of nitrogens with one attached hydrogen (secondary N) is 2. The first kappa shape index (κ1) is 20.7. The topological polar surface area (TPSA) is 102 Å². The van der Waals surface area contributed by atoms with Gasteiger partial charge in [-0.25, -0.2) is 9.18 Å². The summed E-state index contributed by atoms with van der Waals surface area (Å²) in [5.41, 5.74) is 2.16. The number of nitrogens with zero attached hydrogens (tertiary/aromatic N) is 2. The van der Waals surface area contributed by atoms with Crippen LogP contribution in [0.25, 0.3) is 10.9 Å². The average Bonchev–Trinajstić information content (AvgIpc) is 3.39. The predicted octanol–water partition coefficient (Wildman–Crippen LogP) is 2.18. The van der Waals surface area contributed by atoms with Crippen LogP contribution in [0.15, 0.2) is 47.3 Å². The lowest BCUT2D eigenvalue weighted by atomic mass is 9.99. The van der Waals surface area contributed by atoms with Gasteiger partial charge in [-0.05, 0) is 41.8 Å². The zero-order valence-electron chi connectivity index (χ0n) is 18.0. The average molecular weight is 464 g/mol. The highest BCUT2D eigenvalue weighted by Gasteiger charge is 2.34. The second kappa shape index (κ2) is 7.84. The third-order valence-electron chi connectivity index (χ3n) is 6.49. The van der Waals surface area contributed by atoms with Crippen molar-refractivity contribution in [3.8, 4) is 5.75 Å². The van der Waals surface area contributed by atoms with Gasteiger partial charge < -0.3 is 24.7 Å². The fourth-order valence-electron chi connectivity index (χ4n) is 4.94. The van der Waals surface area contributed by atoms with Gasteiger partial charge in [0, 0.05) is 42.9 Å². The number of aromatic nitrogens is 1. The number of carbonyl (C=O) groups is 2. The number of hydrogen-bond donors (Lipinski definition) is 2. The molecule has 2 amide bonds. The van der Waals surface area contributed by atoms with Crippen LogP contribution in [0.3, 0.4) is 0 Å². The highest BCUT2D eigenvalue weighted by atomic mass is 19.1. The van der Waals surface area contributed by atoms with Crippen LogP contribution in [-0.2, 0) is 16.1 Å². The molecule has 3 aliphatic rings. The van der Waals surface area contributed by atoms with Crippen LogP contribution in [-0.4, -0.2) is 48.9 Å². The molecule has 2 atom stereocenters. The van der Waals surface area contributed by atoms with Crippen molar-refractivity contribution in [2.75, 3.05) is 36.5 Å². The summed E-state index contributed by atoms with van der Waals surface area (Å²) in [5, 5.41) is 6.85. The van der Waals surface area contributed by atoms with Crippen molar-refractivity contribution in [2.45, 2.75) is 18.6 Å². The molecule has 3 aliphatic heterocycles. The number of fused-ring (bicyclic) bond motifs is 1. The number of halogens is 1. The third-order valence-corrected chi connectivity index (χ3v) is 6.49. The number of hydrogen-bond acceptors (Lipinski definition) is 6. The van der Waals surface area contributed by atoms with E-state index in [1.54, 1.807) is 34.9 Å². The number of rotatable bonds is 5. The quantitative estimate of drug-likeness (QED) is 0.600. The van der Waals surface area contributed by atoms with Crippen molar-refractivity contribution in [1.82, 2.24) is 9.88 Å². The maximum Gasteiger partial charge on any atom is 0.414 e. The van der Waals surface area contributed by atoms with Gasteiger partial charge in [0.15, 0.2) is 6.61 Å². The van der Waals surface area contributed by atoms with Gasteiger partial charge in [-0.1, -0.05) is 0 Å². The minimum Gasteiger partial charge on any atom is -0.482 e. The van der Waals surface area contributed by atoms with Gasteiger partial charge in [0.25, 0.3) is 11.5 Å². The molecule has 6 rings (SSSR count). The normalized spacial score (nSPS) is 20.8. The van der Waals surface area contributed by atoms with E-state index in [1.807, 2.05) is 0 Å². The van der Waals surface area contributed by atoms with Crippen LogP contribution in [0.4, 0.5) is 20.6 Å². The Morgan fingerprint density at radius 3 is 2.79 bits per heavy atom. The summed E-state index contributed by atoms with van der Waals surface area (Å²) in [6.07, 6.45) is -0.882. The van der Waals surface area contributed by atoms with Crippen molar-refractivity contribution in [3.05, 3.63) is 64.2 Å². The van der Waals surface area contributed by atoms with Gasteiger partial charge in [0.1, 0.15) is 17.7 Å². The largest absolute Gasteiger partial charge is 0.482 e. The zero-order valence-corrected chi connectivity index (χ0v) is 18.0. The molecule has 10 heteroatoms. The molecule has 34 heavy (non-hydrogen) atoms. The minimum absolute atomic E-state index is 0.0367. The molecule has 0 unspecified atom stereocenters. The number of ether oxygens (including phenoxy) is 2. The maximum atomic E-state index is 14.6. The van der Waals surface area contributed by atoms with E-state index in [-0.39, 0.29) is 29.8 Å². The smallest absolute Gasteiger partial charge is 0.414 e. The third kappa shape index (κ3) is 3.38. The lowest BCUT2D eigenvalue weighted by Crippen LogP contribution is -2.33. The van der Waals surface area contributed by atoms with Crippen LogP contribution in [0.5, 0.6) is 5.75 Å². The Hall–Kier alpha value is -3.92. The Kier molecular flexibility index (Phi) is 4.77. The lowest BCUT2D eigenvalue weighted by molar-refractivity contribution is -0.118. The summed E-state index contributed by atoms with van der Waals surface area (Å²) in [7, 11) is 0. The van der Waals surface area contributed by atoms with E-state index in [1.165, 1.54) is 17.0 Å². The molecule has 2 aromatic carbocycles. The second-order valence-corrected chi connectivity index (χ2v) is 8.67. The standard InChI is InChI=1S/C24H21FN4O5/c25-17-4-1-13-2-6-21(31)29-10-14(22(17)23(13)29)8-26-9-16-11-28(24(32)34-16)15-3-5-19-18(7-15)27-20(30)12-33-19/h1-7,14,16,26H,8-12H2,(H,27,30)/t14-,16+/m0/s1. The van der Waals surface area contributed by atoms with E-state index in [0.717, 1.165) is 5.39 Å². The predicted molar refractivity (Wildman–Crippen MR) is 122 cm³/mol. The number of amides is 2. The fraction of sp³-hybridized carbons (Fsp3) is 0.292. The number of cyclic esters (lactones) is 1. The van der Waals surface area contributed by atoms with E-state index < -0.39 is 12.2 Å². The maximum absolute atomic E-state index is 14.6. The monoisotopic (exact) mass is 464 g/mol. The molecule has 4 heterocycles. The molecule has 1 saturated heterocycles. The summed E-state index contributed by atoms with van der Waals surface area (Å²) in [6.45, 7) is 1.51. The molecule has 3 aromatic rings. The minimum atomic E-state index is -0.481. The summed E-state index contributed by atoms with van der Waals surface area (Å²) >= 11 is 0. The summed E-state index contributed by atoms with van der Waals surface area (Å²) in [5.74, 6) is -0.221. The molecular weight excluding hydrogens is 443 g/mol. The van der Waals surface area contributed by atoms with Crippen LogP contribution in [0.1, 0.15) is 11.5 Å². The zero-order chi connectivity index (χ0) is 23.4. The van der Waals surface area contributed by atoms with E-state index >= 15 is 0 Å². The van der Waals surface area contributed by atoms with E-state index in [9.17, 15) is 18.8 Å². The van der Waals surface area contributed by atoms with Crippen molar-refractivity contribution in [3.63, 3.8) is 0 Å². The first-order chi connectivity index (χ1) is 16.5. The molecular formula is C24H21FN4O5. The molecule has 0 spiro atoms. The lowest BCUT2D eigenvalue weighted by Gasteiger charge is -2.20. The molecule has 9 nitrogen and oxygen atoms in total. The number of pyridine rings is 1. The van der Waals surface area contributed by atoms with Crippen molar-refractivity contribution < 1.29 is 23.5 Å². The van der Waals surface area contributed by atoms with E-state index in [2.05, 4.69) is 10.6 Å². The highest BCUT2D eigenvalue weighted by molar-refractivity contribution is 5.97. The summed E-state index contributed by atoms with van der Waals surface area (Å²) in [4.78, 5) is 37.8. The van der Waals surface area contributed by atoms with Gasteiger partial charge in [0.05, 0.1) is 17.7 Å². The molecule has 2 N–H and O–H groups in total. The molecule has 0 radical (unpaired) electrons. The molecule has 0 aliphatic carbocycles. The van der Waals surface area contributed by atoms with Crippen molar-refractivity contribution in [1.29, 1.82) is 0 Å². The Bertz CT molecular complexity index is 1400.